The average Bonchev–Trinajstić information content (AvgIpc) is 2.97. The summed E-state index contributed by atoms with van der Waals surface area (Å²) in [6.45, 7) is 1.67. The fourth-order valence-corrected chi connectivity index (χ4v) is 2.75. The van der Waals surface area contributed by atoms with Crippen LogP contribution in [0.15, 0.2) is 24.5 Å². The first kappa shape index (κ1) is 18.5. The lowest BCUT2D eigenvalue weighted by Crippen LogP contribution is -2.30. The number of nitrogens with one attached hydrogen (secondary N) is 1. The predicted molar refractivity (Wildman–Crippen MR) is 92.4 cm³/mol. The summed E-state index contributed by atoms with van der Waals surface area (Å²) < 4.78 is 33.9. The molecule has 138 valence electrons. The zero-order valence-corrected chi connectivity index (χ0v) is 14.7. The van der Waals surface area contributed by atoms with E-state index in [0.29, 0.717) is 10.9 Å². The van der Waals surface area contributed by atoms with Crippen molar-refractivity contribution in [3.63, 3.8) is 0 Å². The molecule has 1 aromatic carbocycles. The second-order valence-corrected chi connectivity index (χ2v) is 5.91. The van der Waals surface area contributed by atoms with Crippen molar-refractivity contribution in [3.05, 3.63) is 52.6 Å². The molecule has 3 rings (SSSR count). The standard InChI is InChI=1S/C17H12ClF2N5O2/c1-9-11-4-10(7-21)25(13(11)5-12(19)16(9)20)3-2-22-17(26)27-15-6-14(18)23-8-24-15/h4-6,8H,2-3H2,1H3,(H,22,26). The third-order valence-electron chi connectivity index (χ3n) is 3.87. The van der Waals surface area contributed by atoms with Gasteiger partial charge in [0.1, 0.15) is 23.2 Å². The lowest BCUT2D eigenvalue weighted by Gasteiger charge is -2.10. The summed E-state index contributed by atoms with van der Waals surface area (Å²) in [6, 6.07) is 5.76. The Labute approximate surface area is 157 Å². The van der Waals surface area contributed by atoms with E-state index in [9.17, 15) is 18.8 Å². The van der Waals surface area contributed by atoms with Crippen molar-refractivity contribution in [2.45, 2.75) is 13.5 Å². The van der Waals surface area contributed by atoms with Gasteiger partial charge < -0.3 is 14.6 Å². The minimum atomic E-state index is -1.00. The highest BCUT2D eigenvalue weighted by molar-refractivity contribution is 6.29. The molecular formula is C17H12ClF2N5O2. The van der Waals surface area contributed by atoms with Crippen LogP contribution in [0.3, 0.4) is 0 Å². The van der Waals surface area contributed by atoms with E-state index < -0.39 is 17.7 Å². The highest BCUT2D eigenvalue weighted by Crippen LogP contribution is 2.27. The number of carbonyl (C=O) groups excluding carboxylic acids is 1. The normalized spacial score (nSPS) is 10.6. The summed E-state index contributed by atoms with van der Waals surface area (Å²) in [7, 11) is 0. The largest absolute Gasteiger partial charge is 0.414 e. The fraction of sp³-hybridized carbons (Fsp3) is 0.176. The van der Waals surface area contributed by atoms with E-state index in [-0.39, 0.29) is 35.4 Å². The van der Waals surface area contributed by atoms with Crippen molar-refractivity contribution in [1.82, 2.24) is 19.9 Å². The molecule has 7 nitrogen and oxygen atoms in total. The van der Waals surface area contributed by atoms with Crippen LogP contribution in [0.1, 0.15) is 11.3 Å². The first-order valence-corrected chi connectivity index (χ1v) is 8.09. The quantitative estimate of drug-likeness (QED) is 0.688. The summed E-state index contributed by atoms with van der Waals surface area (Å²) in [5.74, 6) is -1.98. The number of hydrogen-bond acceptors (Lipinski definition) is 5. The molecule has 27 heavy (non-hydrogen) atoms. The second kappa shape index (κ2) is 7.55. The topological polar surface area (TPSA) is 92.8 Å². The molecule has 0 bridgehead atoms. The Morgan fingerprint density at radius 3 is 2.85 bits per heavy atom. The Kier molecular flexibility index (Phi) is 5.19. The zero-order chi connectivity index (χ0) is 19.6. The highest BCUT2D eigenvalue weighted by Gasteiger charge is 2.16. The minimum absolute atomic E-state index is 0.0233. The maximum atomic E-state index is 13.7. The van der Waals surface area contributed by atoms with Gasteiger partial charge in [0.05, 0.1) is 5.52 Å². The van der Waals surface area contributed by atoms with E-state index in [0.717, 1.165) is 12.4 Å². The lowest BCUT2D eigenvalue weighted by molar-refractivity contribution is 0.198. The molecule has 0 radical (unpaired) electrons. The Hall–Kier alpha value is -3.25. The van der Waals surface area contributed by atoms with Gasteiger partial charge in [-0.2, -0.15) is 5.26 Å². The third-order valence-corrected chi connectivity index (χ3v) is 4.08. The zero-order valence-electron chi connectivity index (χ0n) is 14.0. The average molecular weight is 392 g/mol. The van der Waals surface area contributed by atoms with Gasteiger partial charge in [0.15, 0.2) is 11.6 Å². The van der Waals surface area contributed by atoms with Crippen LogP contribution in [0.5, 0.6) is 5.88 Å². The van der Waals surface area contributed by atoms with Gasteiger partial charge in [0, 0.05) is 30.6 Å². The summed E-state index contributed by atoms with van der Waals surface area (Å²) in [6.07, 6.45) is 0.361. The van der Waals surface area contributed by atoms with Gasteiger partial charge in [-0.1, -0.05) is 11.6 Å². The van der Waals surface area contributed by atoms with Gasteiger partial charge in [-0.05, 0) is 18.6 Å². The van der Waals surface area contributed by atoms with Crippen LogP contribution in [-0.4, -0.2) is 27.2 Å². The van der Waals surface area contributed by atoms with Crippen LogP contribution >= 0.6 is 11.6 Å². The second-order valence-electron chi connectivity index (χ2n) is 5.52. The van der Waals surface area contributed by atoms with Crippen molar-refractivity contribution in [3.8, 4) is 11.9 Å². The molecule has 0 atom stereocenters. The van der Waals surface area contributed by atoms with Crippen molar-refractivity contribution in [1.29, 1.82) is 5.26 Å². The van der Waals surface area contributed by atoms with Gasteiger partial charge in [-0.15, -0.1) is 0 Å². The molecule has 0 unspecified atom stereocenters. The van der Waals surface area contributed by atoms with Gasteiger partial charge in [0.25, 0.3) is 0 Å². The van der Waals surface area contributed by atoms with Crippen LogP contribution in [0.2, 0.25) is 5.15 Å². The first-order chi connectivity index (χ1) is 12.9. The molecule has 0 saturated carbocycles. The molecule has 0 aliphatic heterocycles. The fourth-order valence-electron chi connectivity index (χ4n) is 2.61. The van der Waals surface area contributed by atoms with Gasteiger partial charge in [-0.3, -0.25) is 0 Å². The number of rotatable bonds is 4. The molecule has 2 heterocycles. The number of nitrogens with zero attached hydrogens (tertiary/aromatic N) is 4. The van der Waals surface area contributed by atoms with E-state index in [2.05, 4.69) is 15.3 Å². The molecule has 3 aromatic rings. The van der Waals surface area contributed by atoms with Crippen molar-refractivity contribution < 1.29 is 18.3 Å². The number of nitriles is 1. The Bertz CT molecular complexity index is 1080. The number of aromatic nitrogens is 3. The monoisotopic (exact) mass is 391 g/mol. The number of ether oxygens (including phenoxy) is 1. The van der Waals surface area contributed by atoms with Crippen LogP contribution in [0.25, 0.3) is 10.9 Å². The molecule has 1 amide bonds. The van der Waals surface area contributed by atoms with Crippen LogP contribution in [0.4, 0.5) is 13.6 Å². The highest BCUT2D eigenvalue weighted by atomic mass is 35.5. The first-order valence-electron chi connectivity index (χ1n) is 7.72. The van der Waals surface area contributed by atoms with E-state index >= 15 is 0 Å². The maximum Gasteiger partial charge on any atom is 0.414 e. The maximum absolute atomic E-state index is 13.7. The molecule has 10 heteroatoms. The van der Waals surface area contributed by atoms with Gasteiger partial charge in [0.2, 0.25) is 5.88 Å². The SMILES string of the molecule is Cc1c(F)c(F)cc2c1cc(C#N)n2CCNC(=O)Oc1cc(Cl)ncn1. The summed E-state index contributed by atoms with van der Waals surface area (Å²) >= 11 is 5.67. The lowest BCUT2D eigenvalue weighted by atomic mass is 10.1. The molecule has 1 N–H and O–H groups in total. The minimum Gasteiger partial charge on any atom is -0.391 e. The van der Waals surface area contributed by atoms with Crippen LogP contribution < -0.4 is 10.1 Å². The van der Waals surface area contributed by atoms with Crippen LogP contribution in [-0.2, 0) is 6.54 Å². The number of benzene rings is 1. The summed E-state index contributed by atoms with van der Waals surface area (Å²) in [4.78, 5) is 19.2. The van der Waals surface area contributed by atoms with Gasteiger partial charge in [-0.25, -0.2) is 23.5 Å². The number of halogens is 3. The smallest absolute Gasteiger partial charge is 0.391 e. The number of fused-ring (bicyclic) bond motifs is 1. The molecule has 0 fully saturated rings. The van der Waals surface area contributed by atoms with Gasteiger partial charge >= 0.3 is 6.09 Å². The summed E-state index contributed by atoms with van der Waals surface area (Å²) in [5, 5.41) is 12.3. The van der Waals surface area contributed by atoms with E-state index in [4.69, 9.17) is 16.3 Å². The number of amides is 1. The Balaban J connectivity index is 1.73. The molecule has 0 spiro atoms. The molecule has 2 aromatic heterocycles. The summed E-state index contributed by atoms with van der Waals surface area (Å²) in [5.41, 5.74) is 0.699. The third kappa shape index (κ3) is 3.80. The molecule has 0 aliphatic carbocycles. The number of aryl methyl sites for hydroxylation is 1. The molecular weight excluding hydrogens is 380 g/mol. The Morgan fingerprint density at radius 2 is 2.15 bits per heavy atom. The van der Waals surface area contributed by atoms with E-state index in [1.807, 2.05) is 6.07 Å². The number of hydrogen-bond donors (Lipinski definition) is 1. The van der Waals surface area contributed by atoms with Crippen molar-refractivity contribution in [2.75, 3.05) is 6.54 Å². The number of carbonyl (C=O) groups is 1. The predicted octanol–water partition coefficient (Wildman–Crippen LogP) is 3.33. The van der Waals surface area contributed by atoms with Crippen LogP contribution in [0, 0.1) is 29.9 Å². The molecule has 0 aliphatic rings. The van der Waals surface area contributed by atoms with Crippen molar-refractivity contribution in [2.24, 2.45) is 0 Å². The van der Waals surface area contributed by atoms with Crippen molar-refractivity contribution >= 4 is 28.6 Å². The van der Waals surface area contributed by atoms with E-state index in [1.165, 1.54) is 23.6 Å². The Morgan fingerprint density at radius 1 is 1.37 bits per heavy atom. The van der Waals surface area contributed by atoms with E-state index in [1.54, 1.807) is 0 Å². The molecule has 0 saturated heterocycles.